The monoisotopic (exact) mass is 226 g/mol. The van der Waals surface area contributed by atoms with Gasteiger partial charge < -0.3 is 9.84 Å². The zero-order valence-electron chi connectivity index (χ0n) is 9.92. The minimum absolute atomic E-state index is 0. The van der Waals surface area contributed by atoms with Crippen LogP contribution >= 0.6 is 12.4 Å². The zero-order valence-corrected chi connectivity index (χ0v) is 10.7. The van der Waals surface area contributed by atoms with Crippen molar-refractivity contribution in [3.05, 3.63) is 0 Å². The molecule has 90 valence electrons. The first-order valence-electron chi connectivity index (χ1n) is 5.43. The molecule has 0 unspecified atom stereocenters. The van der Waals surface area contributed by atoms with Gasteiger partial charge in [0.15, 0.2) is 0 Å². The van der Waals surface area contributed by atoms with Gasteiger partial charge in [-0.05, 0) is 0 Å². The lowest BCUT2D eigenvalue weighted by Gasteiger charge is -1.93. The van der Waals surface area contributed by atoms with Crippen LogP contribution in [0.1, 0.15) is 52.4 Å². The van der Waals surface area contributed by atoms with E-state index in [0.717, 1.165) is 0 Å². The molecule has 0 bridgehead atoms. The SMILES string of the molecule is CCCCCCCC.COCCO.Cl. The fourth-order valence-electron chi connectivity index (χ4n) is 0.945. The molecule has 0 radical (unpaired) electrons. The third-order valence-corrected chi connectivity index (χ3v) is 1.75. The Bertz CT molecular complexity index is 62.3. The second-order valence-electron chi connectivity index (χ2n) is 3.13. The van der Waals surface area contributed by atoms with E-state index in [2.05, 4.69) is 18.6 Å². The molecule has 0 aromatic rings. The minimum atomic E-state index is 0. The first-order valence-corrected chi connectivity index (χ1v) is 5.43. The molecule has 14 heavy (non-hydrogen) atoms. The molecule has 1 N–H and O–H groups in total. The lowest BCUT2D eigenvalue weighted by atomic mass is 10.1. The summed E-state index contributed by atoms with van der Waals surface area (Å²) in [6, 6.07) is 0. The van der Waals surface area contributed by atoms with Crippen LogP contribution in [0.4, 0.5) is 0 Å². The summed E-state index contributed by atoms with van der Waals surface area (Å²) in [5.41, 5.74) is 0. The van der Waals surface area contributed by atoms with E-state index in [9.17, 15) is 0 Å². The smallest absolute Gasteiger partial charge is 0.0693 e. The molecule has 0 aromatic carbocycles. The van der Waals surface area contributed by atoms with Crippen LogP contribution in [0.3, 0.4) is 0 Å². The van der Waals surface area contributed by atoms with Gasteiger partial charge in [0.1, 0.15) is 0 Å². The van der Waals surface area contributed by atoms with Crippen LogP contribution in [0.2, 0.25) is 0 Å². The highest BCUT2D eigenvalue weighted by molar-refractivity contribution is 5.85. The fourth-order valence-corrected chi connectivity index (χ4v) is 0.945. The van der Waals surface area contributed by atoms with Gasteiger partial charge in [0.05, 0.1) is 13.2 Å². The van der Waals surface area contributed by atoms with Gasteiger partial charge in [-0.3, -0.25) is 0 Å². The maximum atomic E-state index is 7.94. The molecule has 0 aliphatic heterocycles. The van der Waals surface area contributed by atoms with Crippen LogP contribution in [0.15, 0.2) is 0 Å². The van der Waals surface area contributed by atoms with Crippen LogP contribution in [0, 0.1) is 0 Å². The van der Waals surface area contributed by atoms with E-state index in [4.69, 9.17) is 5.11 Å². The zero-order chi connectivity index (χ0) is 10.4. The standard InChI is InChI=1S/C8H18.C3H8O2.ClH/c1-3-5-7-8-6-4-2;1-5-3-2-4;/h3-8H2,1-2H3;4H,2-3H2,1H3;1H. The van der Waals surface area contributed by atoms with Crippen molar-refractivity contribution in [3.8, 4) is 0 Å². The van der Waals surface area contributed by atoms with Crippen molar-refractivity contribution in [3.63, 3.8) is 0 Å². The molecule has 0 aliphatic rings. The van der Waals surface area contributed by atoms with Crippen molar-refractivity contribution in [1.29, 1.82) is 0 Å². The van der Waals surface area contributed by atoms with Gasteiger partial charge in [0.2, 0.25) is 0 Å². The van der Waals surface area contributed by atoms with E-state index in [-0.39, 0.29) is 19.0 Å². The predicted octanol–water partition coefficient (Wildman–Crippen LogP) is 3.41. The topological polar surface area (TPSA) is 29.5 Å². The number of aliphatic hydroxyl groups is 1. The highest BCUT2D eigenvalue weighted by Crippen LogP contribution is 2.03. The number of halogens is 1. The lowest BCUT2D eigenvalue weighted by Crippen LogP contribution is -1.91. The quantitative estimate of drug-likeness (QED) is 0.675. The number of hydrogen-bond acceptors (Lipinski definition) is 2. The number of unbranched alkanes of at least 4 members (excludes halogenated alkanes) is 5. The molecule has 0 atom stereocenters. The molecular weight excluding hydrogens is 200 g/mol. The van der Waals surface area contributed by atoms with Gasteiger partial charge in [0, 0.05) is 7.11 Å². The normalized spacial score (nSPS) is 8.57. The Morgan fingerprint density at radius 3 is 1.50 bits per heavy atom. The highest BCUT2D eigenvalue weighted by atomic mass is 35.5. The largest absolute Gasteiger partial charge is 0.394 e. The summed E-state index contributed by atoms with van der Waals surface area (Å²) in [6.07, 6.45) is 8.49. The van der Waals surface area contributed by atoms with E-state index < -0.39 is 0 Å². The third-order valence-electron chi connectivity index (χ3n) is 1.75. The van der Waals surface area contributed by atoms with Crippen molar-refractivity contribution in [2.75, 3.05) is 20.3 Å². The molecule has 0 amide bonds. The summed E-state index contributed by atoms with van der Waals surface area (Å²) < 4.78 is 4.44. The molecular formula is C11H27ClO2. The summed E-state index contributed by atoms with van der Waals surface area (Å²) in [7, 11) is 1.55. The van der Waals surface area contributed by atoms with E-state index in [1.807, 2.05) is 0 Å². The summed E-state index contributed by atoms with van der Waals surface area (Å²) in [6.45, 7) is 5.08. The number of methoxy groups -OCH3 is 1. The predicted molar refractivity (Wildman–Crippen MR) is 65.3 cm³/mol. The van der Waals surface area contributed by atoms with Crippen LogP contribution in [-0.4, -0.2) is 25.4 Å². The fraction of sp³-hybridized carbons (Fsp3) is 1.00. The number of rotatable bonds is 7. The van der Waals surface area contributed by atoms with E-state index in [0.29, 0.717) is 6.61 Å². The maximum absolute atomic E-state index is 7.94. The third kappa shape index (κ3) is 29.5. The van der Waals surface area contributed by atoms with Gasteiger partial charge in [-0.25, -0.2) is 0 Å². The molecule has 0 aliphatic carbocycles. The Kier molecular flexibility index (Phi) is 32.7. The Labute approximate surface area is 95.5 Å². The molecule has 0 saturated heterocycles. The van der Waals surface area contributed by atoms with Gasteiger partial charge in [0.25, 0.3) is 0 Å². The average molecular weight is 227 g/mol. The Balaban J connectivity index is -0.000000177. The Hall–Kier alpha value is 0.210. The second-order valence-corrected chi connectivity index (χ2v) is 3.13. The molecule has 0 aromatic heterocycles. The molecule has 0 saturated carbocycles. The molecule has 0 heterocycles. The van der Waals surface area contributed by atoms with Crippen LogP contribution < -0.4 is 0 Å². The molecule has 0 fully saturated rings. The van der Waals surface area contributed by atoms with Crippen molar-refractivity contribution in [2.24, 2.45) is 0 Å². The van der Waals surface area contributed by atoms with Crippen molar-refractivity contribution in [1.82, 2.24) is 0 Å². The van der Waals surface area contributed by atoms with E-state index in [1.54, 1.807) is 7.11 Å². The molecule has 0 spiro atoms. The van der Waals surface area contributed by atoms with E-state index >= 15 is 0 Å². The summed E-state index contributed by atoms with van der Waals surface area (Å²) >= 11 is 0. The molecule has 0 rings (SSSR count). The van der Waals surface area contributed by atoms with Crippen LogP contribution in [-0.2, 0) is 4.74 Å². The highest BCUT2D eigenvalue weighted by Gasteiger charge is 1.83. The van der Waals surface area contributed by atoms with Gasteiger partial charge >= 0.3 is 0 Å². The number of hydrogen-bond donors (Lipinski definition) is 1. The van der Waals surface area contributed by atoms with Crippen molar-refractivity contribution >= 4 is 12.4 Å². The molecule has 3 heteroatoms. The summed E-state index contributed by atoms with van der Waals surface area (Å²) in [5, 5.41) is 7.94. The minimum Gasteiger partial charge on any atom is -0.394 e. The molecule has 2 nitrogen and oxygen atoms in total. The van der Waals surface area contributed by atoms with Gasteiger partial charge in [-0.1, -0.05) is 52.4 Å². The first-order chi connectivity index (χ1) is 6.33. The van der Waals surface area contributed by atoms with Crippen molar-refractivity contribution in [2.45, 2.75) is 52.4 Å². The summed E-state index contributed by atoms with van der Waals surface area (Å²) in [4.78, 5) is 0. The summed E-state index contributed by atoms with van der Waals surface area (Å²) in [5.74, 6) is 0. The second kappa shape index (κ2) is 23.2. The maximum Gasteiger partial charge on any atom is 0.0693 e. The lowest BCUT2D eigenvalue weighted by molar-refractivity contribution is 0.135. The van der Waals surface area contributed by atoms with E-state index in [1.165, 1.54) is 38.5 Å². The number of aliphatic hydroxyl groups excluding tert-OH is 1. The van der Waals surface area contributed by atoms with Crippen LogP contribution in [0.5, 0.6) is 0 Å². The first kappa shape index (κ1) is 19.7. The Morgan fingerprint density at radius 1 is 0.929 bits per heavy atom. The van der Waals surface area contributed by atoms with Crippen LogP contribution in [0.25, 0.3) is 0 Å². The van der Waals surface area contributed by atoms with Gasteiger partial charge in [-0.15, -0.1) is 12.4 Å². The Morgan fingerprint density at radius 2 is 1.36 bits per heavy atom. The number of ether oxygens (including phenoxy) is 1. The van der Waals surface area contributed by atoms with Crippen molar-refractivity contribution < 1.29 is 9.84 Å². The van der Waals surface area contributed by atoms with Gasteiger partial charge in [-0.2, -0.15) is 0 Å². The average Bonchev–Trinajstić information content (AvgIpc) is 2.15.